The third kappa shape index (κ3) is 4.13. The maximum Gasteiger partial charge on any atom is 0.224 e. The molecule has 1 atom stereocenters. The van der Waals surface area contributed by atoms with Gasteiger partial charge in [0.1, 0.15) is 0 Å². The number of piperidine rings is 1. The molecule has 4 nitrogen and oxygen atoms in total. The Labute approximate surface area is 147 Å². The van der Waals surface area contributed by atoms with Crippen LogP contribution in [0.25, 0.3) is 0 Å². The first-order chi connectivity index (χ1) is 11.6. The van der Waals surface area contributed by atoms with Gasteiger partial charge >= 0.3 is 0 Å². The van der Waals surface area contributed by atoms with Crippen LogP contribution in [0, 0.1) is 5.92 Å². The molecule has 2 heterocycles. The molecule has 0 aliphatic carbocycles. The number of carbonyl (C=O) groups is 1. The second-order valence-corrected chi connectivity index (χ2v) is 6.76. The second kappa shape index (κ2) is 7.77. The molecule has 1 saturated heterocycles. The molecule has 24 heavy (non-hydrogen) atoms. The smallest absolute Gasteiger partial charge is 0.224 e. The molecule has 3 rings (SSSR count). The lowest BCUT2D eigenvalue weighted by molar-refractivity contribution is -0.126. The van der Waals surface area contributed by atoms with E-state index in [2.05, 4.69) is 22.2 Å². The number of hydrogen-bond acceptors (Lipinski definition) is 3. The van der Waals surface area contributed by atoms with Crippen LogP contribution in [0.4, 0.5) is 0 Å². The predicted octanol–water partition coefficient (Wildman–Crippen LogP) is 3.28. The molecule has 0 radical (unpaired) electrons. The minimum atomic E-state index is -0.254. The molecule has 2 aromatic rings. The van der Waals surface area contributed by atoms with E-state index in [4.69, 9.17) is 11.6 Å². The van der Waals surface area contributed by atoms with E-state index >= 15 is 0 Å². The molecule has 0 saturated carbocycles. The number of pyridine rings is 1. The molecule has 126 valence electrons. The van der Waals surface area contributed by atoms with Crippen LogP contribution in [0.15, 0.2) is 48.7 Å². The lowest BCUT2D eigenvalue weighted by Gasteiger charge is -2.29. The van der Waals surface area contributed by atoms with Gasteiger partial charge in [0.15, 0.2) is 0 Å². The molecule has 0 unspecified atom stereocenters. The van der Waals surface area contributed by atoms with Crippen LogP contribution in [0.2, 0.25) is 5.02 Å². The summed E-state index contributed by atoms with van der Waals surface area (Å²) in [6.07, 6.45) is 3.55. The van der Waals surface area contributed by atoms with Crippen LogP contribution >= 0.6 is 11.6 Å². The summed E-state index contributed by atoms with van der Waals surface area (Å²) in [5, 5.41) is 3.87. The SMILES string of the molecule is CN1CCC(C(=O)N[C@H](c2ccc(Cl)cc2)c2ccccn2)CC1. The maximum absolute atomic E-state index is 12.7. The topological polar surface area (TPSA) is 45.2 Å². The van der Waals surface area contributed by atoms with E-state index in [9.17, 15) is 4.79 Å². The molecule has 1 aliphatic heterocycles. The standard InChI is InChI=1S/C19H22ClN3O/c1-23-12-9-15(10-13-23)19(24)22-18(17-4-2-3-11-21-17)14-5-7-16(20)8-6-14/h2-8,11,15,18H,9-10,12-13H2,1H3,(H,22,24)/t18-/m1/s1. The zero-order chi connectivity index (χ0) is 16.9. The number of hydrogen-bond donors (Lipinski definition) is 1. The summed E-state index contributed by atoms with van der Waals surface area (Å²) in [5.41, 5.74) is 1.82. The van der Waals surface area contributed by atoms with Crippen molar-refractivity contribution in [1.29, 1.82) is 0 Å². The first-order valence-corrected chi connectivity index (χ1v) is 8.66. The molecule has 1 amide bonds. The van der Waals surface area contributed by atoms with Gasteiger partial charge in [-0.1, -0.05) is 29.8 Å². The molecular formula is C19H22ClN3O. The molecule has 1 aliphatic rings. The largest absolute Gasteiger partial charge is 0.343 e. The quantitative estimate of drug-likeness (QED) is 0.926. The average molecular weight is 344 g/mol. The summed E-state index contributed by atoms with van der Waals surface area (Å²) in [6, 6.07) is 13.1. The number of aromatic nitrogens is 1. The molecule has 1 N–H and O–H groups in total. The van der Waals surface area contributed by atoms with Gasteiger partial charge in [0, 0.05) is 17.1 Å². The van der Waals surface area contributed by atoms with Gasteiger partial charge in [0.05, 0.1) is 11.7 Å². The Morgan fingerprint density at radius 3 is 2.54 bits per heavy atom. The second-order valence-electron chi connectivity index (χ2n) is 6.33. The van der Waals surface area contributed by atoms with Crippen molar-refractivity contribution in [3.05, 3.63) is 64.9 Å². The van der Waals surface area contributed by atoms with Gasteiger partial charge in [-0.15, -0.1) is 0 Å². The number of rotatable bonds is 4. The van der Waals surface area contributed by atoms with Gasteiger partial charge < -0.3 is 10.2 Å². The monoisotopic (exact) mass is 343 g/mol. The molecule has 0 spiro atoms. The fourth-order valence-electron chi connectivity index (χ4n) is 3.06. The minimum absolute atomic E-state index is 0.0692. The Bertz CT molecular complexity index is 667. The summed E-state index contributed by atoms with van der Waals surface area (Å²) in [7, 11) is 2.10. The fourth-order valence-corrected chi connectivity index (χ4v) is 3.19. The number of benzene rings is 1. The zero-order valence-corrected chi connectivity index (χ0v) is 14.5. The third-order valence-corrected chi connectivity index (χ3v) is 4.81. The van der Waals surface area contributed by atoms with Crippen LogP contribution in [0.1, 0.15) is 30.1 Å². The highest BCUT2D eigenvalue weighted by atomic mass is 35.5. The average Bonchev–Trinajstić information content (AvgIpc) is 2.62. The lowest BCUT2D eigenvalue weighted by Crippen LogP contribution is -2.40. The number of nitrogens with zero attached hydrogens (tertiary/aromatic N) is 2. The first-order valence-electron chi connectivity index (χ1n) is 8.29. The Hall–Kier alpha value is -1.91. The molecule has 1 fully saturated rings. The number of nitrogens with one attached hydrogen (secondary N) is 1. The Morgan fingerprint density at radius 2 is 1.92 bits per heavy atom. The summed E-state index contributed by atoms with van der Waals surface area (Å²) in [5.74, 6) is 0.174. The fraction of sp³-hybridized carbons (Fsp3) is 0.368. The summed E-state index contributed by atoms with van der Waals surface area (Å²) >= 11 is 6.00. The lowest BCUT2D eigenvalue weighted by atomic mass is 9.94. The molecule has 1 aromatic carbocycles. The van der Waals surface area contributed by atoms with Gasteiger partial charge in [-0.2, -0.15) is 0 Å². The van der Waals surface area contributed by atoms with Crippen LogP contribution in [-0.4, -0.2) is 35.9 Å². The number of halogens is 1. The zero-order valence-electron chi connectivity index (χ0n) is 13.8. The minimum Gasteiger partial charge on any atom is -0.343 e. The van der Waals surface area contributed by atoms with E-state index in [1.165, 1.54) is 0 Å². The van der Waals surface area contributed by atoms with Crippen molar-refractivity contribution in [2.75, 3.05) is 20.1 Å². The van der Waals surface area contributed by atoms with Crippen molar-refractivity contribution in [2.45, 2.75) is 18.9 Å². The van der Waals surface area contributed by atoms with E-state index in [0.717, 1.165) is 37.2 Å². The maximum atomic E-state index is 12.7. The molecular weight excluding hydrogens is 322 g/mol. The number of amides is 1. The summed E-state index contributed by atoms with van der Waals surface area (Å²) in [4.78, 5) is 19.4. The molecule has 1 aromatic heterocycles. The molecule has 0 bridgehead atoms. The highest BCUT2D eigenvalue weighted by Crippen LogP contribution is 2.24. The Morgan fingerprint density at radius 1 is 1.21 bits per heavy atom. The van der Waals surface area contributed by atoms with E-state index in [0.29, 0.717) is 5.02 Å². The first kappa shape index (κ1) is 16.9. The van der Waals surface area contributed by atoms with E-state index in [-0.39, 0.29) is 17.9 Å². The Balaban J connectivity index is 1.80. The Kier molecular flexibility index (Phi) is 5.48. The van der Waals surface area contributed by atoms with Gasteiger partial charge in [-0.25, -0.2) is 0 Å². The van der Waals surface area contributed by atoms with E-state index in [1.807, 2.05) is 42.5 Å². The van der Waals surface area contributed by atoms with Crippen LogP contribution in [0.3, 0.4) is 0 Å². The predicted molar refractivity (Wildman–Crippen MR) is 95.9 cm³/mol. The van der Waals surface area contributed by atoms with Gasteiger partial charge in [0.2, 0.25) is 5.91 Å². The van der Waals surface area contributed by atoms with Crippen molar-refractivity contribution >= 4 is 17.5 Å². The highest BCUT2D eigenvalue weighted by molar-refractivity contribution is 6.30. The van der Waals surface area contributed by atoms with Crippen LogP contribution < -0.4 is 5.32 Å². The van der Waals surface area contributed by atoms with Crippen molar-refractivity contribution in [2.24, 2.45) is 5.92 Å². The van der Waals surface area contributed by atoms with E-state index < -0.39 is 0 Å². The van der Waals surface area contributed by atoms with Crippen LogP contribution in [-0.2, 0) is 4.79 Å². The number of carbonyl (C=O) groups excluding carboxylic acids is 1. The van der Waals surface area contributed by atoms with Crippen LogP contribution in [0.5, 0.6) is 0 Å². The summed E-state index contributed by atoms with van der Waals surface area (Å²) < 4.78 is 0. The summed E-state index contributed by atoms with van der Waals surface area (Å²) in [6.45, 7) is 1.93. The van der Waals surface area contributed by atoms with Gasteiger partial charge in [0.25, 0.3) is 0 Å². The molecule has 5 heteroatoms. The van der Waals surface area contributed by atoms with Gasteiger partial charge in [-0.05, 0) is 62.8 Å². The van der Waals surface area contributed by atoms with Crippen molar-refractivity contribution < 1.29 is 4.79 Å². The van der Waals surface area contributed by atoms with Crippen molar-refractivity contribution in [3.8, 4) is 0 Å². The van der Waals surface area contributed by atoms with Crippen molar-refractivity contribution in [3.63, 3.8) is 0 Å². The van der Waals surface area contributed by atoms with Crippen molar-refractivity contribution in [1.82, 2.24) is 15.2 Å². The normalized spacial score (nSPS) is 17.4. The highest BCUT2D eigenvalue weighted by Gasteiger charge is 2.26. The number of likely N-dealkylation sites (tertiary alicyclic amines) is 1. The van der Waals surface area contributed by atoms with E-state index in [1.54, 1.807) is 6.20 Å². The van der Waals surface area contributed by atoms with Gasteiger partial charge in [-0.3, -0.25) is 9.78 Å². The third-order valence-electron chi connectivity index (χ3n) is 4.56.